The summed E-state index contributed by atoms with van der Waals surface area (Å²) in [6, 6.07) is 9.68. The molecule has 0 saturated heterocycles. The first-order chi connectivity index (χ1) is 18.3. The molecule has 4 aromatic rings. The second-order valence-corrected chi connectivity index (χ2v) is 9.51. The first kappa shape index (κ1) is 25.3. The second-order valence-electron chi connectivity index (χ2n) is 9.51. The third-order valence-electron chi connectivity index (χ3n) is 6.31. The van der Waals surface area contributed by atoms with Crippen LogP contribution in [0.3, 0.4) is 0 Å². The summed E-state index contributed by atoms with van der Waals surface area (Å²) in [4.78, 5) is 28.4. The van der Waals surface area contributed by atoms with Crippen molar-refractivity contribution in [1.82, 2.24) is 24.4 Å². The number of ether oxygens (including phenoxy) is 1. The minimum atomic E-state index is -0.397. The molecule has 1 aromatic carbocycles. The molecular weight excluding hydrogens is 487 g/mol. The number of anilines is 2. The fraction of sp³-hybridized carbons (Fsp3) is 0.286. The van der Waals surface area contributed by atoms with Crippen LogP contribution in [0.1, 0.15) is 41.0 Å². The first-order valence-electron chi connectivity index (χ1n) is 12.4. The van der Waals surface area contributed by atoms with Gasteiger partial charge in [-0.1, -0.05) is 6.07 Å². The second kappa shape index (κ2) is 10.6. The maximum Gasteiger partial charge on any atom is 0.270 e. The molecule has 0 bridgehead atoms. The smallest absolute Gasteiger partial charge is 0.270 e. The third kappa shape index (κ3) is 5.35. The van der Waals surface area contributed by atoms with Gasteiger partial charge in [-0.05, 0) is 61.7 Å². The molecule has 4 heterocycles. The van der Waals surface area contributed by atoms with Crippen LogP contribution in [0.15, 0.2) is 55.0 Å². The van der Waals surface area contributed by atoms with Gasteiger partial charge in [0.1, 0.15) is 11.5 Å². The van der Waals surface area contributed by atoms with E-state index < -0.39 is 5.82 Å². The molecule has 1 aliphatic heterocycles. The zero-order chi connectivity index (χ0) is 26.8. The molecule has 196 valence electrons. The molecule has 0 radical (unpaired) electrons. The number of aromatic nitrogens is 4. The average Bonchev–Trinajstić information content (AvgIpc) is 3.33. The monoisotopic (exact) mass is 516 g/mol. The van der Waals surface area contributed by atoms with E-state index in [0.717, 1.165) is 16.8 Å². The molecule has 9 nitrogen and oxygen atoms in total. The van der Waals surface area contributed by atoms with Crippen molar-refractivity contribution in [2.75, 3.05) is 11.9 Å². The Bertz CT molecular complexity index is 1470. The fourth-order valence-corrected chi connectivity index (χ4v) is 4.44. The summed E-state index contributed by atoms with van der Waals surface area (Å²) < 4.78 is 21.3. The SMILES string of the molecule is Cc1cnc(Nc2ccc(OC(C)C)nc2)nc1-c1cc2n(c1)CCN(Cc1cc(F)ccc1CO)C2=O. The number of carbonyl (C=O) groups is 1. The van der Waals surface area contributed by atoms with Gasteiger partial charge in [-0.15, -0.1) is 0 Å². The topological polar surface area (TPSA) is 105 Å². The zero-order valence-electron chi connectivity index (χ0n) is 21.5. The highest BCUT2D eigenvalue weighted by molar-refractivity contribution is 5.95. The zero-order valence-corrected chi connectivity index (χ0v) is 21.5. The van der Waals surface area contributed by atoms with Crippen molar-refractivity contribution in [2.45, 2.75) is 46.6 Å². The number of pyridine rings is 1. The van der Waals surface area contributed by atoms with Gasteiger partial charge in [0, 0.05) is 43.7 Å². The Labute approximate surface area is 220 Å². The van der Waals surface area contributed by atoms with Gasteiger partial charge in [0.2, 0.25) is 11.8 Å². The van der Waals surface area contributed by atoms with E-state index in [-0.39, 0.29) is 25.2 Å². The average molecular weight is 517 g/mol. The number of nitrogens with zero attached hydrogens (tertiary/aromatic N) is 5. The summed E-state index contributed by atoms with van der Waals surface area (Å²) in [7, 11) is 0. The number of amides is 1. The molecule has 2 N–H and O–H groups in total. The lowest BCUT2D eigenvalue weighted by Crippen LogP contribution is -2.39. The largest absolute Gasteiger partial charge is 0.475 e. The van der Waals surface area contributed by atoms with Crippen LogP contribution in [-0.4, -0.2) is 48.1 Å². The number of rotatable bonds is 8. The molecule has 0 spiro atoms. The highest BCUT2D eigenvalue weighted by atomic mass is 19.1. The molecule has 0 unspecified atom stereocenters. The quantitative estimate of drug-likeness (QED) is 0.356. The minimum absolute atomic E-state index is 0.0378. The molecule has 5 rings (SSSR count). The van der Waals surface area contributed by atoms with Crippen molar-refractivity contribution < 1.29 is 19.0 Å². The van der Waals surface area contributed by atoms with Gasteiger partial charge < -0.3 is 24.6 Å². The van der Waals surface area contributed by atoms with E-state index in [9.17, 15) is 14.3 Å². The molecule has 1 aliphatic rings. The van der Waals surface area contributed by atoms with E-state index in [0.29, 0.717) is 47.4 Å². The Morgan fingerprint density at radius 2 is 1.95 bits per heavy atom. The molecule has 0 fully saturated rings. The summed E-state index contributed by atoms with van der Waals surface area (Å²) in [6.07, 6.45) is 5.35. The first-order valence-corrected chi connectivity index (χ1v) is 12.4. The van der Waals surface area contributed by atoms with Crippen LogP contribution in [0.5, 0.6) is 5.88 Å². The number of benzene rings is 1. The van der Waals surface area contributed by atoms with E-state index >= 15 is 0 Å². The van der Waals surface area contributed by atoms with E-state index in [4.69, 9.17) is 9.72 Å². The Kier molecular flexibility index (Phi) is 7.06. The number of hydrogen-bond donors (Lipinski definition) is 2. The molecule has 0 atom stereocenters. The number of hydrogen-bond acceptors (Lipinski definition) is 7. The Balaban J connectivity index is 1.36. The van der Waals surface area contributed by atoms with Gasteiger partial charge in [0.15, 0.2) is 0 Å². The van der Waals surface area contributed by atoms with Crippen LogP contribution in [0.4, 0.5) is 16.0 Å². The van der Waals surface area contributed by atoms with Crippen molar-refractivity contribution >= 4 is 17.5 Å². The van der Waals surface area contributed by atoms with Crippen LogP contribution in [-0.2, 0) is 19.7 Å². The lowest BCUT2D eigenvalue weighted by molar-refractivity contribution is 0.0689. The molecule has 38 heavy (non-hydrogen) atoms. The van der Waals surface area contributed by atoms with E-state index in [1.54, 1.807) is 29.4 Å². The van der Waals surface area contributed by atoms with E-state index in [1.807, 2.05) is 43.7 Å². The summed E-state index contributed by atoms with van der Waals surface area (Å²) in [5.74, 6) is 0.394. The summed E-state index contributed by atoms with van der Waals surface area (Å²) in [6.45, 7) is 6.88. The van der Waals surface area contributed by atoms with Crippen LogP contribution in [0, 0.1) is 12.7 Å². The molecule has 10 heteroatoms. The Hall–Kier alpha value is -4.31. The van der Waals surface area contributed by atoms with Gasteiger partial charge in [0.05, 0.1) is 30.3 Å². The van der Waals surface area contributed by atoms with E-state index in [2.05, 4.69) is 15.3 Å². The van der Waals surface area contributed by atoms with Crippen molar-refractivity contribution in [1.29, 1.82) is 0 Å². The number of fused-ring (bicyclic) bond motifs is 1. The van der Waals surface area contributed by atoms with Crippen molar-refractivity contribution in [3.05, 3.63) is 83.2 Å². The molecular formula is C28H29FN6O3. The third-order valence-corrected chi connectivity index (χ3v) is 6.31. The number of nitrogens with one attached hydrogen (secondary N) is 1. The van der Waals surface area contributed by atoms with Gasteiger partial charge in [-0.25, -0.2) is 19.3 Å². The van der Waals surface area contributed by atoms with E-state index in [1.165, 1.54) is 12.1 Å². The van der Waals surface area contributed by atoms with Crippen LogP contribution in [0.25, 0.3) is 11.3 Å². The van der Waals surface area contributed by atoms with Gasteiger partial charge in [-0.3, -0.25) is 4.79 Å². The lowest BCUT2D eigenvalue weighted by atomic mass is 10.1. The predicted octanol–water partition coefficient (Wildman–Crippen LogP) is 4.47. The maximum atomic E-state index is 13.8. The summed E-state index contributed by atoms with van der Waals surface area (Å²) in [5, 5.41) is 12.8. The highest BCUT2D eigenvalue weighted by Gasteiger charge is 2.27. The Morgan fingerprint density at radius 3 is 2.68 bits per heavy atom. The highest BCUT2D eigenvalue weighted by Crippen LogP contribution is 2.28. The lowest BCUT2D eigenvalue weighted by Gasteiger charge is -2.29. The summed E-state index contributed by atoms with van der Waals surface area (Å²) in [5.41, 5.74) is 4.84. The molecule has 3 aromatic heterocycles. The standard InChI is InChI=1S/C28H29FN6O3/c1-17(2)38-25-7-6-23(13-30-25)32-28-31-12-18(3)26(33-28)21-11-24-27(37)35(9-8-34(24)15-21)14-20-10-22(29)5-4-19(20)16-36/h4-7,10-13,15,17,36H,8-9,14,16H2,1-3H3,(H,31,32,33). The number of aliphatic hydroxyl groups excluding tert-OH is 1. The summed E-state index contributed by atoms with van der Waals surface area (Å²) >= 11 is 0. The molecule has 0 saturated carbocycles. The van der Waals surface area contributed by atoms with Crippen LogP contribution in [0.2, 0.25) is 0 Å². The predicted molar refractivity (Wildman–Crippen MR) is 141 cm³/mol. The van der Waals surface area contributed by atoms with Crippen molar-refractivity contribution in [3.63, 3.8) is 0 Å². The maximum absolute atomic E-state index is 13.8. The van der Waals surface area contributed by atoms with Gasteiger partial charge in [-0.2, -0.15) is 0 Å². The number of aliphatic hydroxyl groups is 1. The number of carbonyl (C=O) groups excluding carboxylic acids is 1. The minimum Gasteiger partial charge on any atom is -0.475 e. The Morgan fingerprint density at radius 1 is 1.11 bits per heavy atom. The van der Waals surface area contributed by atoms with Gasteiger partial charge in [0.25, 0.3) is 5.91 Å². The number of aryl methyl sites for hydroxylation is 1. The fourth-order valence-electron chi connectivity index (χ4n) is 4.44. The number of halogens is 1. The van der Waals surface area contributed by atoms with Crippen LogP contribution < -0.4 is 10.1 Å². The van der Waals surface area contributed by atoms with Crippen LogP contribution >= 0.6 is 0 Å². The molecule has 0 aliphatic carbocycles. The van der Waals surface area contributed by atoms with Gasteiger partial charge >= 0.3 is 0 Å². The molecule has 1 amide bonds. The normalized spacial score (nSPS) is 13.1. The van der Waals surface area contributed by atoms with Crippen molar-refractivity contribution in [3.8, 4) is 17.1 Å². The van der Waals surface area contributed by atoms with Crippen molar-refractivity contribution in [2.24, 2.45) is 0 Å².